The number of likely N-dealkylation sites (N-methyl/N-ethyl adjacent to an activating group) is 1. The zero-order valence-electron chi connectivity index (χ0n) is 15.6. The summed E-state index contributed by atoms with van der Waals surface area (Å²) >= 11 is 0. The highest BCUT2D eigenvalue weighted by atomic mass is 16.6. The predicted octanol–water partition coefficient (Wildman–Crippen LogP) is 4.39. The molecule has 4 nitrogen and oxygen atoms in total. The number of carbonyl (C=O) groups excluding carboxylic acids is 1. The van der Waals surface area contributed by atoms with E-state index < -0.39 is 23.3 Å². The number of aliphatic hydroxyl groups is 1. The Morgan fingerprint density at radius 3 is 1.68 bits per heavy atom. The molecule has 2 rings (SSSR count). The summed E-state index contributed by atoms with van der Waals surface area (Å²) in [5, 5.41) is 11.3. The van der Waals surface area contributed by atoms with Gasteiger partial charge in [-0.3, -0.25) is 4.90 Å². The van der Waals surface area contributed by atoms with Gasteiger partial charge in [-0.15, -0.1) is 0 Å². The van der Waals surface area contributed by atoms with Crippen LogP contribution in [0.3, 0.4) is 0 Å². The summed E-state index contributed by atoms with van der Waals surface area (Å²) in [6.07, 6.45) is -0.561. The van der Waals surface area contributed by atoms with E-state index in [1.54, 1.807) is 34.7 Å². The van der Waals surface area contributed by atoms with E-state index in [1.165, 1.54) is 4.90 Å². The molecule has 2 aromatic carbocycles. The van der Waals surface area contributed by atoms with Gasteiger partial charge >= 0.3 is 6.09 Å². The topological polar surface area (TPSA) is 49.8 Å². The van der Waals surface area contributed by atoms with Gasteiger partial charge in [-0.05, 0) is 38.8 Å². The highest BCUT2D eigenvalue weighted by Crippen LogP contribution is 2.37. The van der Waals surface area contributed by atoms with E-state index >= 15 is 0 Å². The molecule has 0 radical (unpaired) electrons. The molecule has 0 aliphatic rings. The molecule has 134 valence electrons. The molecule has 1 unspecified atom stereocenters. The van der Waals surface area contributed by atoms with Gasteiger partial charge in [0.25, 0.3) is 0 Å². The second kappa shape index (κ2) is 7.28. The van der Waals surface area contributed by atoms with E-state index in [0.29, 0.717) is 0 Å². The molecule has 0 aliphatic heterocycles. The van der Waals surface area contributed by atoms with Crippen LogP contribution in [0.15, 0.2) is 60.7 Å². The minimum Gasteiger partial charge on any atom is -0.444 e. The van der Waals surface area contributed by atoms with Crippen LogP contribution in [0.1, 0.15) is 44.7 Å². The first kappa shape index (κ1) is 19.0. The number of amides is 1. The van der Waals surface area contributed by atoms with Gasteiger partial charge in [0, 0.05) is 7.05 Å². The maximum Gasteiger partial charge on any atom is 0.412 e. The van der Waals surface area contributed by atoms with Crippen molar-refractivity contribution in [3.8, 4) is 0 Å². The van der Waals surface area contributed by atoms with Gasteiger partial charge in [0.2, 0.25) is 0 Å². The molecule has 25 heavy (non-hydrogen) atoms. The predicted molar refractivity (Wildman–Crippen MR) is 99.3 cm³/mol. The Bertz CT molecular complexity index is 651. The van der Waals surface area contributed by atoms with Crippen LogP contribution in [0, 0.1) is 0 Å². The minimum atomic E-state index is -1.47. The van der Waals surface area contributed by atoms with Crippen molar-refractivity contribution in [2.75, 3.05) is 7.05 Å². The Kier molecular flexibility index (Phi) is 5.53. The third-order valence-electron chi connectivity index (χ3n) is 4.16. The first-order chi connectivity index (χ1) is 11.6. The molecular weight excluding hydrogens is 314 g/mol. The number of hydrogen-bond donors (Lipinski definition) is 1. The summed E-state index contributed by atoms with van der Waals surface area (Å²) < 4.78 is 5.43. The maximum absolute atomic E-state index is 12.5. The average molecular weight is 341 g/mol. The van der Waals surface area contributed by atoms with Crippen LogP contribution in [0.5, 0.6) is 0 Å². The van der Waals surface area contributed by atoms with E-state index in [4.69, 9.17) is 4.74 Å². The van der Waals surface area contributed by atoms with Crippen molar-refractivity contribution in [2.24, 2.45) is 0 Å². The second-order valence-corrected chi connectivity index (χ2v) is 7.39. The van der Waals surface area contributed by atoms with Gasteiger partial charge in [0.15, 0.2) is 5.72 Å². The molecule has 0 saturated carbocycles. The van der Waals surface area contributed by atoms with Crippen LogP contribution in [-0.2, 0) is 4.74 Å². The van der Waals surface area contributed by atoms with Crippen LogP contribution in [0.25, 0.3) is 0 Å². The smallest absolute Gasteiger partial charge is 0.412 e. The number of hydrogen-bond acceptors (Lipinski definition) is 3. The summed E-state index contributed by atoms with van der Waals surface area (Å²) in [4.78, 5) is 13.8. The highest BCUT2D eigenvalue weighted by molar-refractivity contribution is 5.69. The monoisotopic (exact) mass is 341 g/mol. The average Bonchev–Trinajstić information content (AvgIpc) is 2.54. The van der Waals surface area contributed by atoms with Gasteiger partial charge in [0.05, 0.1) is 5.92 Å². The van der Waals surface area contributed by atoms with Crippen molar-refractivity contribution < 1.29 is 14.6 Å². The molecule has 1 N–H and O–H groups in total. The quantitative estimate of drug-likeness (QED) is 0.839. The molecule has 0 bridgehead atoms. The Hall–Kier alpha value is -2.33. The molecule has 0 aliphatic carbocycles. The third kappa shape index (κ3) is 4.60. The number of rotatable bonds is 4. The molecule has 0 spiro atoms. The van der Waals surface area contributed by atoms with Gasteiger partial charge in [-0.25, -0.2) is 4.79 Å². The molecule has 0 heterocycles. The number of nitrogens with zero attached hydrogens (tertiary/aromatic N) is 1. The Labute approximate surface area is 150 Å². The van der Waals surface area contributed by atoms with Crippen LogP contribution in [-0.4, -0.2) is 34.5 Å². The zero-order valence-corrected chi connectivity index (χ0v) is 15.6. The largest absolute Gasteiger partial charge is 0.444 e. The van der Waals surface area contributed by atoms with E-state index in [1.807, 2.05) is 60.7 Å². The third-order valence-corrected chi connectivity index (χ3v) is 4.16. The normalized spacial score (nSPS) is 14.0. The fourth-order valence-electron chi connectivity index (χ4n) is 2.82. The fraction of sp³-hybridized carbons (Fsp3) is 0.381. The standard InChI is InChI=1S/C21H27NO3/c1-20(2,3)25-19(23)22(5)21(4,24)18(16-12-8-6-9-13-16)17-14-10-7-11-15-17/h6-15,18,24H,1-5H3. The lowest BCUT2D eigenvalue weighted by Gasteiger charge is -2.41. The van der Waals surface area contributed by atoms with Crippen LogP contribution in [0.4, 0.5) is 4.79 Å². The number of benzene rings is 2. The molecule has 1 atom stereocenters. The van der Waals surface area contributed by atoms with Crippen LogP contribution < -0.4 is 0 Å². The number of ether oxygens (including phenoxy) is 1. The zero-order chi connectivity index (χ0) is 18.7. The molecule has 0 aromatic heterocycles. The van der Waals surface area contributed by atoms with E-state index in [9.17, 15) is 9.90 Å². The van der Waals surface area contributed by atoms with Crippen molar-refractivity contribution in [1.82, 2.24) is 4.90 Å². The lowest BCUT2D eigenvalue weighted by molar-refractivity contribution is -0.0928. The van der Waals surface area contributed by atoms with Gasteiger partial charge in [0.1, 0.15) is 5.60 Å². The first-order valence-corrected chi connectivity index (χ1v) is 8.42. The Morgan fingerprint density at radius 2 is 1.32 bits per heavy atom. The maximum atomic E-state index is 12.5. The van der Waals surface area contributed by atoms with Crippen molar-refractivity contribution in [3.05, 3.63) is 71.8 Å². The minimum absolute atomic E-state index is 0.410. The van der Waals surface area contributed by atoms with E-state index in [2.05, 4.69) is 0 Å². The molecule has 0 saturated heterocycles. The van der Waals surface area contributed by atoms with Crippen molar-refractivity contribution in [3.63, 3.8) is 0 Å². The van der Waals surface area contributed by atoms with Gasteiger partial charge in [-0.2, -0.15) is 0 Å². The molecule has 4 heteroatoms. The van der Waals surface area contributed by atoms with Crippen molar-refractivity contribution in [1.29, 1.82) is 0 Å². The Balaban J connectivity index is 2.44. The number of carbonyl (C=O) groups is 1. The van der Waals surface area contributed by atoms with Gasteiger partial charge < -0.3 is 9.84 Å². The lowest BCUT2D eigenvalue weighted by Crippen LogP contribution is -2.53. The van der Waals surface area contributed by atoms with E-state index in [0.717, 1.165) is 11.1 Å². The second-order valence-electron chi connectivity index (χ2n) is 7.39. The fourth-order valence-corrected chi connectivity index (χ4v) is 2.82. The SMILES string of the molecule is CN(C(=O)OC(C)(C)C)C(C)(O)C(c1ccccc1)c1ccccc1. The first-order valence-electron chi connectivity index (χ1n) is 8.42. The van der Waals surface area contributed by atoms with Crippen LogP contribution >= 0.6 is 0 Å². The Morgan fingerprint density at radius 1 is 0.920 bits per heavy atom. The molecule has 2 aromatic rings. The van der Waals surface area contributed by atoms with Crippen molar-refractivity contribution in [2.45, 2.75) is 44.9 Å². The van der Waals surface area contributed by atoms with Gasteiger partial charge in [-0.1, -0.05) is 60.7 Å². The highest BCUT2D eigenvalue weighted by Gasteiger charge is 2.41. The van der Waals surface area contributed by atoms with E-state index in [-0.39, 0.29) is 0 Å². The summed E-state index contributed by atoms with van der Waals surface area (Å²) in [6.45, 7) is 7.06. The summed E-state index contributed by atoms with van der Waals surface area (Å²) in [7, 11) is 1.56. The van der Waals surface area contributed by atoms with Crippen molar-refractivity contribution >= 4 is 6.09 Å². The summed E-state index contributed by atoms with van der Waals surface area (Å²) in [6, 6.07) is 19.4. The molecular formula is C21H27NO3. The molecule has 1 amide bonds. The summed E-state index contributed by atoms with van der Waals surface area (Å²) in [5.74, 6) is -0.410. The van der Waals surface area contributed by atoms with Crippen LogP contribution in [0.2, 0.25) is 0 Å². The summed E-state index contributed by atoms with van der Waals surface area (Å²) in [5.41, 5.74) is -0.246. The molecule has 0 fully saturated rings. The lowest BCUT2D eigenvalue weighted by atomic mass is 9.82.